The van der Waals surface area contributed by atoms with Gasteiger partial charge >= 0.3 is 0 Å². The van der Waals surface area contributed by atoms with E-state index in [1.807, 2.05) is 0 Å². The first-order chi connectivity index (χ1) is 8.75. The highest BCUT2D eigenvalue weighted by atomic mass is 32.2. The Labute approximate surface area is 113 Å². The van der Waals surface area contributed by atoms with Gasteiger partial charge in [0.1, 0.15) is 0 Å². The molecular formula is C12H20N2O4S. The fraction of sp³-hybridized carbons (Fsp3) is 0.500. The first-order valence-electron chi connectivity index (χ1n) is 5.73. The molecule has 0 spiro atoms. The molecule has 0 bridgehead atoms. The van der Waals surface area contributed by atoms with Crippen LogP contribution in [-0.4, -0.2) is 53.2 Å². The van der Waals surface area contributed by atoms with Crippen LogP contribution < -0.4 is 10.6 Å². The third-order valence-electron chi connectivity index (χ3n) is 2.68. The van der Waals surface area contributed by atoms with Crippen LogP contribution >= 0.6 is 0 Å². The van der Waals surface area contributed by atoms with E-state index in [1.165, 1.54) is 19.2 Å². The van der Waals surface area contributed by atoms with Gasteiger partial charge in [-0.1, -0.05) is 0 Å². The standard InChI is InChI=1S/C12H20N2O4S/c1-14(7-9(15)8-18-2)12-5-4-10(6-11(12)13)19(3,16)17/h4-6,9,15H,7-8,13H2,1-3H3. The molecule has 0 heterocycles. The fourth-order valence-corrected chi connectivity index (χ4v) is 2.43. The largest absolute Gasteiger partial charge is 0.397 e. The number of rotatable bonds is 6. The Kier molecular flexibility index (Phi) is 5.16. The minimum absolute atomic E-state index is 0.180. The van der Waals surface area contributed by atoms with Gasteiger partial charge in [0, 0.05) is 27.0 Å². The zero-order chi connectivity index (χ0) is 14.6. The minimum atomic E-state index is -3.27. The highest BCUT2D eigenvalue weighted by molar-refractivity contribution is 7.90. The van der Waals surface area contributed by atoms with E-state index in [1.54, 1.807) is 18.0 Å². The lowest BCUT2D eigenvalue weighted by atomic mass is 10.2. The predicted octanol–water partition coefficient (Wildman–Crippen LogP) is 0.116. The van der Waals surface area contributed by atoms with Gasteiger partial charge in [-0.2, -0.15) is 0 Å². The van der Waals surface area contributed by atoms with Crippen molar-refractivity contribution in [1.82, 2.24) is 0 Å². The topological polar surface area (TPSA) is 92.9 Å². The second-order valence-electron chi connectivity index (χ2n) is 4.48. The van der Waals surface area contributed by atoms with E-state index in [-0.39, 0.29) is 11.5 Å². The number of nitrogen functional groups attached to an aromatic ring is 1. The number of hydrogen-bond donors (Lipinski definition) is 2. The van der Waals surface area contributed by atoms with Gasteiger partial charge in [-0.15, -0.1) is 0 Å². The summed E-state index contributed by atoms with van der Waals surface area (Å²) in [6.07, 6.45) is 0.497. The molecule has 0 saturated heterocycles. The number of nitrogens with two attached hydrogens (primary N) is 1. The van der Waals surface area contributed by atoms with E-state index < -0.39 is 15.9 Å². The van der Waals surface area contributed by atoms with E-state index in [0.717, 1.165) is 6.26 Å². The lowest BCUT2D eigenvalue weighted by Gasteiger charge is -2.24. The predicted molar refractivity (Wildman–Crippen MR) is 75.1 cm³/mol. The summed E-state index contributed by atoms with van der Waals surface area (Å²) < 4.78 is 27.7. The van der Waals surface area contributed by atoms with Crippen molar-refractivity contribution in [1.29, 1.82) is 0 Å². The lowest BCUT2D eigenvalue weighted by Crippen LogP contribution is -2.32. The molecule has 1 aromatic rings. The quantitative estimate of drug-likeness (QED) is 0.722. The summed E-state index contributed by atoms with van der Waals surface area (Å²) in [5, 5.41) is 9.65. The summed E-state index contributed by atoms with van der Waals surface area (Å²) in [4.78, 5) is 1.94. The van der Waals surface area contributed by atoms with Crippen LogP contribution in [0.25, 0.3) is 0 Å². The zero-order valence-electron chi connectivity index (χ0n) is 11.3. The molecule has 0 radical (unpaired) electrons. The number of methoxy groups -OCH3 is 1. The van der Waals surface area contributed by atoms with Gasteiger partial charge in [-0.25, -0.2) is 8.42 Å². The molecule has 0 amide bonds. The first-order valence-corrected chi connectivity index (χ1v) is 7.62. The Morgan fingerprint density at radius 1 is 1.47 bits per heavy atom. The van der Waals surface area contributed by atoms with Crippen molar-refractivity contribution in [2.75, 3.05) is 44.2 Å². The molecule has 1 atom stereocenters. The van der Waals surface area contributed by atoms with Crippen LogP contribution in [0.4, 0.5) is 11.4 Å². The minimum Gasteiger partial charge on any atom is -0.397 e. The van der Waals surface area contributed by atoms with E-state index in [0.29, 0.717) is 17.9 Å². The molecular weight excluding hydrogens is 268 g/mol. The van der Waals surface area contributed by atoms with Crippen LogP contribution in [0, 0.1) is 0 Å². The van der Waals surface area contributed by atoms with Crippen LogP contribution in [0.5, 0.6) is 0 Å². The summed E-state index contributed by atoms with van der Waals surface area (Å²) in [6.45, 7) is 0.571. The Morgan fingerprint density at radius 3 is 2.58 bits per heavy atom. The molecule has 108 valence electrons. The highest BCUT2D eigenvalue weighted by Gasteiger charge is 2.14. The van der Waals surface area contributed by atoms with Crippen molar-refractivity contribution in [3.05, 3.63) is 18.2 Å². The molecule has 0 aliphatic rings. The molecule has 0 saturated carbocycles. The molecule has 1 rings (SSSR count). The maximum Gasteiger partial charge on any atom is 0.175 e. The molecule has 1 unspecified atom stereocenters. The summed E-state index contributed by atoms with van der Waals surface area (Å²) in [5.41, 5.74) is 6.88. The van der Waals surface area contributed by atoms with Crippen molar-refractivity contribution in [2.45, 2.75) is 11.0 Å². The molecule has 0 aliphatic heterocycles. The number of anilines is 2. The fourth-order valence-electron chi connectivity index (χ4n) is 1.77. The molecule has 7 heteroatoms. The lowest BCUT2D eigenvalue weighted by molar-refractivity contribution is 0.0695. The van der Waals surface area contributed by atoms with Crippen molar-refractivity contribution in [3.63, 3.8) is 0 Å². The van der Waals surface area contributed by atoms with Gasteiger partial charge in [0.15, 0.2) is 9.84 Å². The SMILES string of the molecule is COCC(O)CN(C)c1ccc(S(C)(=O)=O)cc1N. The second-order valence-corrected chi connectivity index (χ2v) is 6.50. The van der Waals surface area contributed by atoms with Gasteiger partial charge in [-0.3, -0.25) is 0 Å². The third kappa shape index (κ3) is 4.38. The molecule has 0 aliphatic carbocycles. The van der Waals surface area contributed by atoms with Crippen LogP contribution in [0.1, 0.15) is 0 Å². The Hall–Kier alpha value is -1.31. The zero-order valence-corrected chi connectivity index (χ0v) is 12.1. The number of aliphatic hydroxyl groups is 1. The molecule has 19 heavy (non-hydrogen) atoms. The number of hydrogen-bond acceptors (Lipinski definition) is 6. The van der Waals surface area contributed by atoms with E-state index in [4.69, 9.17) is 10.5 Å². The maximum atomic E-state index is 11.4. The van der Waals surface area contributed by atoms with Crippen LogP contribution in [0.2, 0.25) is 0 Å². The van der Waals surface area contributed by atoms with Crippen molar-refractivity contribution >= 4 is 21.2 Å². The number of likely N-dealkylation sites (N-methyl/N-ethyl adjacent to an activating group) is 1. The number of benzene rings is 1. The van der Waals surface area contributed by atoms with Crippen molar-refractivity contribution in [2.24, 2.45) is 0 Å². The van der Waals surface area contributed by atoms with Crippen molar-refractivity contribution in [3.8, 4) is 0 Å². The van der Waals surface area contributed by atoms with E-state index in [2.05, 4.69) is 0 Å². The first kappa shape index (κ1) is 15.7. The Morgan fingerprint density at radius 2 is 2.11 bits per heavy atom. The number of nitrogens with zero attached hydrogens (tertiary/aromatic N) is 1. The summed E-state index contributed by atoms with van der Waals surface area (Å²) >= 11 is 0. The maximum absolute atomic E-state index is 11.4. The van der Waals surface area contributed by atoms with Crippen molar-refractivity contribution < 1.29 is 18.3 Å². The average Bonchev–Trinajstić information content (AvgIpc) is 2.27. The van der Waals surface area contributed by atoms with Gasteiger partial charge in [-0.05, 0) is 18.2 Å². The van der Waals surface area contributed by atoms with E-state index in [9.17, 15) is 13.5 Å². The molecule has 6 nitrogen and oxygen atoms in total. The highest BCUT2D eigenvalue weighted by Crippen LogP contribution is 2.25. The second kappa shape index (κ2) is 6.23. The molecule has 0 fully saturated rings. The molecule has 1 aromatic carbocycles. The Bertz CT molecular complexity index is 531. The van der Waals surface area contributed by atoms with Crippen LogP contribution in [-0.2, 0) is 14.6 Å². The summed E-state index contributed by atoms with van der Waals surface area (Å²) in [7, 11) is 0.0136. The summed E-state index contributed by atoms with van der Waals surface area (Å²) in [6, 6.07) is 4.55. The average molecular weight is 288 g/mol. The van der Waals surface area contributed by atoms with E-state index >= 15 is 0 Å². The number of sulfone groups is 1. The van der Waals surface area contributed by atoms with Gasteiger partial charge < -0.3 is 20.5 Å². The van der Waals surface area contributed by atoms with Crippen LogP contribution in [0.15, 0.2) is 23.1 Å². The number of ether oxygens (including phenoxy) is 1. The van der Waals surface area contributed by atoms with Crippen LogP contribution in [0.3, 0.4) is 0 Å². The number of aliphatic hydroxyl groups excluding tert-OH is 1. The van der Waals surface area contributed by atoms with Gasteiger partial charge in [0.2, 0.25) is 0 Å². The molecule has 3 N–H and O–H groups in total. The normalized spacial score (nSPS) is 13.3. The monoisotopic (exact) mass is 288 g/mol. The van der Waals surface area contributed by atoms with Gasteiger partial charge in [0.25, 0.3) is 0 Å². The smallest absolute Gasteiger partial charge is 0.175 e. The Balaban J connectivity index is 2.90. The summed E-state index contributed by atoms with van der Waals surface area (Å²) in [5.74, 6) is 0. The molecule has 0 aromatic heterocycles. The van der Waals surface area contributed by atoms with Gasteiger partial charge in [0.05, 0.1) is 29.0 Å². The third-order valence-corrected chi connectivity index (χ3v) is 3.79.